The number of aromatic nitrogens is 1. The van der Waals surface area contributed by atoms with Crippen LogP contribution >= 0.6 is 11.6 Å². The molecule has 1 N–H and O–H groups in total. The van der Waals surface area contributed by atoms with Crippen molar-refractivity contribution in [2.45, 2.75) is 18.4 Å². The fraction of sp³-hybridized carbons (Fsp3) is 0.138. The number of nitrogens with zero attached hydrogens (tertiary/aromatic N) is 3. The second-order valence-electron chi connectivity index (χ2n) is 8.38. The van der Waals surface area contributed by atoms with E-state index < -0.39 is 22.5 Å². The first-order chi connectivity index (χ1) is 19.4. The Morgan fingerprint density at radius 1 is 1.00 bits per heavy atom. The Bertz CT molecular complexity index is 1550. The van der Waals surface area contributed by atoms with Crippen molar-refractivity contribution in [2.75, 3.05) is 17.5 Å². The highest BCUT2D eigenvalue weighted by molar-refractivity contribution is 7.92. The second-order valence-corrected chi connectivity index (χ2v) is 10.7. The normalized spacial score (nSPS) is 11.2. The van der Waals surface area contributed by atoms with Crippen LogP contribution in [0.5, 0.6) is 11.5 Å². The van der Waals surface area contributed by atoms with Gasteiger partial charge in [-0.2, -0.15) is 5.10 Å². The van der Waals surface area contributed by atoms with Gasteiger partial charge < -0.3 is 9.47 Å². The van der Waals surface area contributed by atoms with Crippen molar-refractivity contribution < 1.29 is 22.7 Å². The topological polar surface area (TPSA) is 110 Å². The number of pyridine rings is 1. The molecule has 1 aromatic heterocycles. The molecule has 0 radical (unpaired) electrons. The Labute approximate surface area is 238 Å². The second kappa shape index (κ2) is 13.6. The van der Waals surface area contributed by atoms with Crippen LogP contribution in [0.4, 0.5) is 5.69 Å². The monoisotopic (exact) mass is 578 g/mol. The van der Waals surface area contributed by atoms with Crippen molar-refractivity contribution in [3.05, 3.63) is 113 Å². The molecule has 0 unspecified atom stereocenters. The molecule has 0 atom stereocenters. The molecule has 0 saturated carbocycles. The number of rotatable bonds is 12. The fourth-order valence-corrected chi connectivity index (χ4v) is 5.17. The predicted molar refractivity (Wildman–Crippen MR) is 154 cm³/mol. The van der Waals surface area contributed by atoms with Crippen molar-refractivity contribution in [2.24, 2.45) is 5.10 Å². The van der Waals surface area contributed by atoms with E-state index in [1.807, 2.05) is 19.1 Å². The van der Waals surface area contributed by atoms with E-state index in [1.165, 1.54) is 30.7 Å². The molecule has 3 aromatic carbocycles. The summed E-state index contributed by atoms with van der Waals surface area (Å²) in [4.78, 5) is 16.8. The molecule has 9 nitrogen and oxygen atoms in total. The van der Waals surface area contributed by atoms with Gasteiger partial charge in [-0.1, -0.05) is 41.9 Å². The smallest absolute Gasteiger partial charge is 0.264 e. The van der Waals surface area contributed by atoms with Gasteiger partial charge in [0.05, 0.1) is 29.6 Å². The number of hydrogen-bond donors (Lipinski definition) is 1. The lowest BCUT2D eigenvalue weighted by molar-refractivity contribution is -0.119. The first kappa shape index (κ1) is 28.6. The van der Waals surface area contributed by atoms with Crippen LogP contribution in [0.2, 0.25) is 5.02 Å². The van der Waals surface area contributed by atoms with Gasteiger partial charge in [0.2, 0.25) is 0 Å². The molecular formula is C29H27ClN4O5S. The highest BCUT2D eigenvalue weighted by atomic mass is 35.5. The summed E-state index contributed by atoms with van der Waals surface area (Å²) in [6, 6.07) is 23.6. The number of halogens is 1. The largest absolute Gasteiger partial charge is 0.490 e. The third kappa shape index (κ3) is 7.58. The highest BCUT2D eigenvalue weighted by Crippen LogP contribution is 2.29. The number of amides is 1. The van der Waals surface area contributed by atoms with E-state index in [9.17, 15) is 13.2 Å². The average Bonchev–Trinajstić information content (AvgIpc) is 2.97. The summed E-state index contributed by atoms with van der Waals surface area (Å²) in [5, 5.41) is 4.66. The number of benzene rings is 3. The lowest BCUT2D eigenvalue weighted by Gasteiger charge is -2.23. The van der Waals surface area contributed by atoms with Gasteiger partial charge in [-0.05, 0) is 72.6 Å². The predicted octanol–water partition coefficient (Wildman–Crippen LogP) is 5.06. The van der Waals surface area contributed by atoms with Gasteiger partial charge in [0.1, 0.15) is 13.2 Å². The van der Waals surface area contributed by atoms with Crippen LogP contribution in [-0.4, -0.2) is 38.7 Å². The van der Waals surface area contributed by atoms with Gasteiger partial charge in [0.15, 0.2) is 11.5 Å². The Kier molecular flexibility index (Phi) is 9.71. The zero-order valence-corrected chi connectivity index (χ0v) is 23.2. The minimum atomic E-state index is -4.03. The van der Waals surface area contributed by atoms with Gasteiger partial charge in [-0.25, -0.2) is 13.8 Å². The number of carbonyl (C=O) groups is 1. The molecule has 0 bridgehead atoms. The zero-order chi connectivity index (χ0) is 28.4. The van der Waals surface area contributed by atoms with Gasteiger partial charge in [-0.3, -0.25) is 14.1 Å². The zero-order valence-electron chi connectivity index (χ0n) is 21.6. The van der Waals surface area contributed by atoms with Crippen LogP contribution < -0.4 is 19.2 Å². The maximum absolute atomic E-state index is 13.3. The van der Waals surface area contributed by atoms with Crippen LogP contribution in [-0.2, 0) is 21.4 Å². The summed E-state index contributed by atoms with van der Waals surface area (Å²) in [5.74, 6) is 0.437. The van der Waals surface area contributed by atoms with Crippen LogP contribution in [0.15, 0.2) is 107 Å². The number of sulfonamides is 1. The fourth-order valence-electron chi connectivity index (χ4n) is 3.61. The number of hydrogen-bond acceptors (Lipinski definition) is 7. The minimum Gasteiger partial charge on any atom is -0.490 e. The van der Waals surface area contributed by atoms with Gasteiger partial charge in [0.25, 0.3) is 15.9 Å². The van der Waals surface area contributed by atoms with Crippen LogP contribution in [0.1, 0.15) is 18.1 Å². The average molecular weight is 579 g/mol. The SMILES string of the molecule is CCOc1cc(/C=N\NC(=O)CN(c2cccnc2)S(=O)(=O)c2ccccc2)ccc1OCc1ccc(Cl)cc1. The quantitative estimate of drug-likeness (QED) is 0.186. The lowest BCUT2D eigenvalue weighted by Crippen LogP contribution is -2.39. The molecule has 11 heteroatoms. The van der Waals surface area contributed by atoms with Crippen molar-refractivity contribution in [1.82, 2.24) is 10.4 Å². The summed E-state index contributed by atoms with van der Waals surface area (Å²) in [6.45, 7) is 2.12. The van der Waals surface area contributed by atoms with E-state index in [-0.39, 0.29) is 10.6 Å². The molecule has 4 rings (SSSR count). The molecule has 1 amide bonds. The van der Waals surface area contributed by atoms with E-state index in [4.69, 9.17) is 21.1 Å². The molecule has 0 spiro atoms. The third-order valence-corrected chi connectivity index (χ3v) is 7.57. The van der Waals surface area contributed by atoms with Gasteiger partial charge >= 0.3 is 0 Å². The van der Waals surface area contributed by atoms with Crippen LogP contribution in [0.25, 0.3) is 0 Å². The van der Waals surface area contributed by atoms with Gasteiger partial charge in [-0.15, -0.1) is 0 Å². The maximum Gasteiger partial charge on any atom is 0.264 e. The van der Waals surface area contributed by atoms with Crippen LogP contribution in [0.3, 0.4) is 0 Å². The molecule has 1 heterocycles. The highest BCUT2D eigenvalue weighted by Gasteiger charge is 2.27. The van der Waals surface area contributed by atoms with E-state index in [0.29, 0.717) is 35.3 Å². The first-order valence-corrected chi connectivity index (χ1v) is 14.1. The number of carbonyl (C=O) groups excluding carboxylic acids is 1. The molecule has 40 heavy (non-hydrogen) atoms. The van der Waals surface area contributed by atoms with Crippen molar-refractivity contribution in [3.63, 3.8) is 0 Å². The van der Waals surface area contributed by atoms with E-state index in [0.717, 1.165) is 9.87 Å². The first-order valence-electron chi connectivity index (χ1n) is 12.3. The molecule has 0 aliphatic rings. The molecule has 0 fully saturated rings. The molecule has 0 aliphatic heterocycles. The summed E-state index contributed by atoms with van der Waals surface area (Å²) in [5.41, 5.74) is 4.24. The molecule has 0 saturated heterocycles. The Balaban J connectivity index is 1.44. The van der Waals surface area contributed by atoms with E-state index in [2.05, 4.69) is 15.5 Å². The lowest BCUT2D eigenvalue weighted by atomic mass is 10.2. The molecular weight excluding hydrogens is 552 g/mol. The standard InChI is InChI=1S/C29H27ClN4O5S/c1-2-38-28-17-23(12-15-27(28)39-21-22-10-13-24(30)14-11-22)18-32-33-29(35)20-34(25-7-6-16-31-19-25)40(36,37)26-8-4-3-5-9-26/h3-19H,2,20-21H2,1H3,(H,33,35)/b32-18-. The summed E-state index contributed by atoms with van der Waals surface area (Å²) >= 11 is 5.94. The summed E-state index contributed by atoms with van der Waals surface area (Å²) < 4.78 is 39.2. The summed E-state index contributed by atoms with van der Waals surface area (Å²) in [6.07, 6.45) is 4.33. The Morgan fingerprint density at radius 2 is 1.77 bits per heavy atom. The van der Waals surface area contributed by atoms with Crippen molar-refractivity contribution in [1.29, 1.82) is 0 Å². The van der Waals surface area contributed by atoms with Crippen molar-refractivity contribution >= 4 is 39.4 Å². The Hall–Kier alpha value is -4.41. The number of anilines is 1. The number of nitrogens with one attached hydrogen (secondary N) is 1. The molecule has 4 aromatic rings. The van der Waals surface area contributed by atoms with Gasteiger partial charge in [0, 0.05) is 11.2 Å². The van der Waals surface area contributed by atoms with E-state index in [1.54, 1.807) is 60.7 Å². The van der Waals surface area contributed by atoms with Crippen molar-refractivity contribution in [3.8, 4) is 11.5 Å². The number of hydrazone groups is 1. The van der Waals surface area contributed by atoms with Crippen LogP contribution in [0, 0.1) is 0 Å². The molecule has 0 aliphatic carbocycles. The minimum absolute atomic E-state index is 0.0528. The third-order valence-electron chi connectivity index (χ3n) is 5.53. The number of ether oxygens (including phenoxy) is 2. The summed E-state index contributed by atoms with van der Waals surface area (Å²) in [7, 11) is -4.03. The Morgan fingerprint density at radius 3 is 2.48 bits per heavy atom. The van der Waals surface area contributed by atoms with E-state index >= 15 is 0 Å². The molecule has 206 valence electrons. The maximum atomic E-state index is 13.3.